The van der Waals surface area contributed by atoms with E-state index in [0.29, 0.717) is 13.0 Å². The van der Waals surface area contributed by atoms with Gasteiger partial charge in [0.1, 0.15) is 0 Å². The van der Waals surface area contributed by atoms with Gasteiger partial charge in [-0.05, 0) is 40.1 Å². The lowest BCUT2D eigenvalue weighted by Gasteiger charge is -2.19. The van der Waals surface area contributed by atoms with Crippen LogP contribution in [0.3, 0.4) is 0 Å². The van der Waals surface area contributed by atoms with Crippen LogP contribution < -0.4 is 10.6 Å². The molecule has 1 atom stereocenters. The van der Waals surface area contributed by atoms with Gasteiger partial charge in [-0.3, -0.25) is 4.98 Å². The molecule has 0 saturated heterocycles. The van der Waals surface area contributed by atoms with E-state index in [1.807, 2.05) is 65.4 Å². The number of nitrogens with zero attached hydrogens (tertiary/aromatic N) is 1. The monoisotopic (exact) mass is 337 g/mol. The molecule has 4 nitrogen and oxygen atoms in total. The molecule has 3 rings (SSSR count). The molecule has 24 heavy (non-hydrogen) atoms. The minimum Gasteiger partial charge on any atom is -0.334 e. The highest BCUT2D eigenvalue weighted by molar-refractivity contribution is 7.07. The van der Waals surface area contributed by atoms with Gasteiger partial charge in [-0.25, -0.2) is 4.79 Å². The minimum absolute atomic E-state index is 0.122. The van der Waals surface area contributed by atoms with Gasteiger partial charge in [-0.2, -0.15) is 11.3 Å². The van der Waals surface area contributed by atoms with E-state index in [4.69, 9.17) is 0 Å². The van der Waals surface area contributed by atoms with Crippen LogP contribution in [0.4, 0.5) is 4.79 Å². The van der Waals surface area contributed by atoms with E-state index in [1.165, 1.54) is 0 Å². The number of carbonyl (C=O) groups excluding carboxylic acids is 1. The molecule has 5 heteroatoms. The summed E-state index contributed by atoms with van der Waals surface area (Å²) >= 11 is 1.62. The summed E-state index contributed by atoms with van der Waals surface area (Å²) in [5.74, 6) is 0. The molecule has 2 heterocycles. The van der Waals surface area contributed by atoms with Crippen molar-refractivity contribution in [2.45, 2.75) is 19.0 Å². The van der Waals surface area contributed by atoms with Gasteiger partial charge in [-0.1, -0.05) is 36.4 Å². The summed E-state index contributed by atoms with van der Waals surface area (Å²) in [6.07, 6.45) is 2.42. The van der Waals surface area contributed by atoms with Crippen LogP contribution in [-0.4, -0.2) is 11.0 Å². The van der Waals surface area contributed by atoms with Crippen LogP contribution in [0.25, 0.3) is 0 Å². The van der Waals surface area contributed by atoms with Crippen LogP contribution in [-0.2, 0) is 13.0 Å². The average molecular weight is 337 g/mol. The normalized spacial score (nSPS) is 11.7. The van der Waals surface area contributed by atoms with Crippen molar-refractivity contribution in [3.8, 4) is 0 Å². The molecule has 0 bridgehead atoms. The summed E-state index contributed by atoms with van der Waals surface area (Å²) in [4.78, 5) is 16.6. The standard InChI is InChI=1S/C19H19N3OS/c23-19(21-13-15-9-11-24-14-15)22-18(16-6-2-1-3-7-16)12-17-8-4-5-10-20-17/h1-11,14,18H,12-13H2,(H2,21,22,23)/t18-/m1/s1. The molecule has 0 aliphatic heterocycles. The molecule has 3 aromatic rings. The highest BCUT2D eigenvalue weighted by Gasteiger charge is 2.15. The molecule has 2 amide bonds. The summed E-state index contributed by atoms with van der Waals surface area (Å²) < 4.78 is 0. The maximum absolute atomic E-state index is 12.3. The lowest BCUT2D eigenvalue weighted by molar-refractivity contribution is 0.236. The van der Waals surface area contributed by atoms with E-state index in [0.717, 1.165) is 16.8 Å². The van der Waals surface area contributed by atoms with Gasteiger partial charge in [0.25, 0.3) is 0 Å². The Balaban J connectivity index is 1.66. The maximum Gasteiger partial charge on any atom is 0.315 e. The van der Waals surface area contributed by atoms with Gasteiger partial charge >= 0.3 is 6.03 Å². The Kier molecular flexibility index (Phi) is 5.58. The summed E-state index contributed by atoms with van der Waals surface area (Å²) in [6.45, 7) is 0.528. The molecule has 1 aromatic carbocycles. The third kappa shape index (κ3) is 4.67. The summed E-state index contributed by atoms with van der Waals surface area (Å²) in [6, 6.07) is 17.5. The van der Waals surface area contributed by atoms with Gasteiger partial charge in [0, 0.05) is 24.9 Å². The first-order chi connectivity index (χ1) is 11.8. The molecule has 0 fully saturated rings. The molecule has 0 aliphatic rings. The second kappa shape index (κ2) is 8.26. The van der Waals surface area contributed by atoms with E-state index in [9.17, 15) is 4.79 Å². The largest absolute Gasteiger partial charge is 0.334 e. The van der Waals surface area contributed by atoms with Crippen molar-refractivity contribution in [3.05, 3.63) is 88.4 Å². The van der Waals surface area contributed by atoms with Crippen LogP contribution in [0, 0.1) is 0 Å². The fraction of sp³-hybridized carbons (Fsp3) is 0.158. The first kappa shape index (κ1) is 16.2. The van der Waals surface area contributed by atoms with Gasteiger partial charge < -0.3 is 10.6 Å². The smallest absolute Gasteiger partial charge is 0.315 e. The van der Waals surface area contributed by atoms with E-state index in [2.05, 4.69) is 15.6 Å². The second-order valence-corrected chi connectivity index (χ2v) is 6.23. The lowest BCUT2D eigenvalue weighted by atomic mass is 10.0. The van der Waals surface area contributed by atoms with Crippen molar-refractivity contribution in [1.29, 1.82) is 0 Å². The number of benzene rings is 1. The fourth-order valence-electron chi connectivity index (χ4n) is 2.45. The topological polar surface area (TPSA) is 54.0 Å². The van der Waals surface area contributed by atoms with E-state index in [-0.39, 0.29) is 12.1 Å². The quantitative estimate of drug-likeness (QED) is 0.716. The highest BCUT2D eigenvalue weighted by atomic mass is 32.1. The number of aromatic nitrogens is 1. The van der Waals surface area contributed by atoms with Crippen molar-refractivity contribution < 1.29 is 4.79 Å². The Bertz CT molecular complexity index is 745. The van der Waals surface area contributed by atoms with Gasteiger partial charge in [-0.15, -0.1) is 0 Å². The van der Waals surface area contributed by atoms with E-state index < -0.39 is 0 Å². The second-order valence-electron chi connectivity index (χ2n) is 5.45. The van der Waals surface area contributed by atoms with Crippen molar-refractivity contribution in [3.63, 3.8) is 0 Å². The fourth-order valence-corrected chi connectivity index (χ4v) is 3.12. The first-order valence-corrected chi connectivity index (χ1v) is 8.76. The minimum atomic E-state index is -0.175. The number of amides is 2. The molecule has 0 saturated carbocycles. The molecular formula is C19H19N3OS. The van der Waals surface area contributed by atoms with Gasteiger partial charge in [0.15, 0.2) is 0 Å². The molecule has 0 aliphatic carbocycles. The zero-order chi connectivity index (χ0) is 16.6. The number of hydrogen-bond donors (Lipinski definition) is 2. The Labute approximate surface area is 145 Å². The summed E-state index contributed by atoms with van der Waals surface area (Å²) in [7, 11) is 0. The predicted octanol–water partition coefficient (Wildman–Crippen LogP) is 3.93. The number of carbonyl (C=O) groups is 1. The molecule has 0 unspecified atom stereocenters. The number of rotatable bonds is 6. The molecule has 122 valence electrons. The Morgan fingerprint density at radius 2 is 1.92 bits per heavy atom. The van der Waals surface area contributed by atoms with Gasteiger partial charge in [0.2, 0.25) is 0 Å². The zero-order valence-corrected chi connectivity index (χ0v) is 14.0. The van der Waals surface area contributed by atoms with E-state index >= 15 is 0 Å². The number of pyridine rings is 1. The third-order valence-electron chi connectivity index (χ3n) is 3.68. The summed E-state index contributed by atoms with van der Waals surface area (Å²) in [5, 5.41) is 10.00. The summed E-state index contributed by atoms with van der Waals surface area (Å²) in [5.41, 5.74) is 3.12. The molecular weight excluding hydrogens is 318 g/mol. The molecule has 0 spiro atoms. The Morgan fingerprint density at radius 1 is 1.08 bits per heavy atom. The highest BCUT2D eigenvalue weighted by Crippen LogP contribution is 2.17. The van der Waals surface area contributed by atoms with Crippen LogP contribution in [0.5, 0.6) is 0 Å². The average Bonchev–Trinajstić information content (AvgIpc) is 3.15. The molecule has 0 radical (unpaired) electrons. The van der Waals surface area contributed by atoms with Crippen LogP contribution >= 0.6 is 11.3 Å². The van der Waals surface area contributed by atoms with Crippen molar-refractivity contribution in [2.75, 3.05) is 0 Å². The molecule has 2 aromatic heterocycles. The molecule has 2 N–H and O–H groups in total. The third-order valence-corrected chi connectivity index (χ3v) is 4.41. The van der Waals surface area contributed by atoms with Crippen LogP contribution in [0.2, 0.25) is 0 Å². The van der Waals surface area contributed by atoms with Crippen molar-refractivity contribution in [2.24, 2.45) is 0 Å². The van der Waals surface area contributed by atoms with Crippen LogP contribution in [0.1, 0.15) is 22.9 Å². The first-order valence-electron chi connectivity index (χ1n) is 7.81. The predicted molar refractivity (Wildman–Crippen MR) is 96.8 cm³/mol. The Hall–Kier alpha value is -2.66. The van der Waals surface area contributed by atoms with Gasteiger partial charge in [0.05, 0.1) is 6.04 Å². The number of urea groups is 1. The number of nitrogens with one attached hydrogen (secondary N) is 2. The van der Waals surface area contributed by atoms with Crippen LogP contribution in [0.15, 0.2) is 71.6 Å². The zero-order valence-electron chi connectivity index (χ0n) is 13.2. The van der Waals surface area contributed by atoms with Crippen molar-refractivity contribution >= 4 is 17.4 Å². The lowest BCUT2D eigenvalue weighted by Crippen LogP contribution is -2.38. The SMILES string of the molecule is O=C(NCc1ccsc1)N[C@H](Cc1ccccn1)c1ccccc1. The maximum atomic E-state index is 12.3. The van der Waals surface area contributed by atoms with E-state index in [1.54, 1.807) is 17.5 Å². The number of thiophene rings is 1. The number of hydrogen-bond acceptors (Lipinski definition) is 3. The van der Waals surface area contributed by atoms with Crippen molar-refractivity contribution in [1.82, 2.24) is 15.6 Å². The Morgan fingerprint density at radius 3 is 2.62 bits per heavy atom.